The number of aliphatic hydroxyl groups is 1. The van der Waals surface area contributed by atoms with E-state index in [1.165, 1.54) is 18.4 Å². The van der Waals surface area contributed by atoms with Gasteiger partial charge in [-0.15, -0.1) is 0 Å². The first kappa shape index (κ1) is 27.3. The molecule has 194 valence electrons. The second-order valence-corrected chi connectivity index (χ2v) is 9.00. The van der Waals surface area contributed by atoms with Crippen LogP contribution in [-0.4, -0.2) is 71.1 Å². The zero-order chi connectivity index (χ0) is 24.9. The van der Waals surface area contributed by atoms with E-state index in [0.717, 1.165) is 48.5 Å². The summed E-state index contributed by atoms with van der Waals surface area (Å²) in [5.74, 6) is 2.23. The fraction of sp³-hybridized carbons (Fsp3) is 0.571. The number of hydrogen-bond donors (Lipinski definition) is 2. The Hall–Kier alpha value is -2.32. The highest BCUT2D eigenvalue weighted by Crippen LogP contribution is 2.28. The van der Waals surface area contributed by atoms with Gasteiger partial charge in [0.25, 0.3) is 0 Å². The fourth-order valence-electron chi connectivity index (χ4n) is 4.41. The van der Waals surface area contributed by atoms with Crippen LogP contribution in [0.1, 0.15) is 36.8 Å². The molecule has 35 heavy (non-hydrogen) atoms. The van der Waals surface area contributed by atoms with E-state index in [4.69, 9.17) is 23.7 Å². The summed E-state index contributed by atoms with van der Waals surface area (Å²) in [6.45, 7) is 2.07. The summed E-state index contributed by atoms with van der Waals surface area (Å²) in [7, 11) is 4.99. The third-order valence-electron chi connectivity index (χ3n) is 6.45. The molecule has 0 aromatic heterocycles. The summed E-state index contributed by atoms with van der Waals surface area (Å²) in [4.78, 5) is 0. The van der Waals surface area contributed by atoms with Gasteiger partial charge in [0.1, 0.15) is 18.5 Å². The van der Waals surface area contributed by atoms with Crippen LogP contribution < -0.4 is 19.5 Å². The molecule has 7 nitrogen and oxygen atoms in total. The topological polar surface area (TPSA) is 78.4 Å². The minimum Gasteiger partial charge on any atom is -0.493 e. The van der Waals surface area contributed by atoms with Crippen molar-refractivity contribution in [3.05, 3.63) is 53.6 Å². The van der Waals surface area contributed by atoms with E-state index >= 15 is 0 Å². The quantitative estimate of drug-likeness (QED) is 0.396. The Kier molecular flexibility index (Phi) is 11.6. The monoisotopic (exact) mass is 487 g/mol. The number of nitrogens with one attached hydrogen (secondary N) is 1. The van der Waals surface area contributed by atoms with Gasteiger partial charge in [-0.05, 0) is 61.1 Å². The van der Waals surface area contributed by atoms with Crippen molar-refractivity contribution < 1.29 is 28.8 Å². The van der Waals surface area contributed by atoms with Gasteiger partial charge in [-0.25, -0.2) is 0 Å². The van der Waals surface area contributed by atoms with Gasteiger partial charge in [0.2, 0.25) is 0 Å². The SMILES string of the molecule is COCCc1ccc(OC[C@H](O)CN[C@H]2CCCC[C@H]2OCCc2ccc(OC)c(OC)c2)cc1. The van der Waals surface area contributed by atoms with Crippen LogP contribution in [0, 0.1) is 0 Å². The first-order chi connectivity index (χ1) is 17.1. The number of aliphatic hydroxyl groups excluding tert-OH is 1. The number of hydrogen-bond acceptors (Lipinski definition) is 7. The highest BCUT2D eigenvalue weighted by Gasteiger charge is 2.26. The molecule has 1 aliphatic rings. The van der Waals surface area contributed by atoms with Gasteiger partial charge in [-0.1, -0.05) is 31.0 Å². The van der Waals surface area contributed by atoms with E-state index in [2.05, 4.69) is 5.32 Å². The Morgan fingerprint density at radius 3 is 2.34 bits per heavy atom. The second kappa shape index (κ2) is 14.9. The normalized spacial score (nSPS) is 18.7. The molecule has 1 saturated carbocycles. The van der Waals surface area contributed by atoms with E-state index in [0.29, 0.717) is 19.8 Å². The Morgan fingerprint density at radius 1 is 0.886 bits per heavy atom. The summed E-state index contributed by atoms with van der Waals surface area (Å²) in [6, 6.07) is 14.2. The molecule has 3 atom stereocenters. The van der Waals surface area contributed by atoms with Crippen LogP contribution in [0.4, 0.5) is 0 Å². The Labute approximate surface area is 209 Å². The minimum absolute atomic E-state index is 0.150. The summed E-state index contributed by atoms with van der Waals surface area (Å²) in [5.41, 5.74) is 2.36. The van der Waals surface area contributed by atoms with Crippen molar-refractivity contribution in [1.82, 2.24) is 5.32 Å². The number of rotatable bonds is 15. The zero-order valence-corrected chi connectivity index (χ0v) is 21.3. The zero-order valence-electron chi connectivity index (χ0n) is 21.3. The van der Waals surface area contributed by atoms with Crippen molar-refractivity contribution >= 4 is 0 Å². The van der Waals surface area contributed by atoms with E-state index < -0.39 is 6.10 Å². The van der Waals surface area contributed by atoms with Crippen LogP contribution in [0.3, 0.4) is 0 Å². The molecule has 0 radical (unpaired) electrons. The van der Waals surface area contributed by atoms with E-state index in [9.17, 15) is 5.11 Å². The maximum Gasteiger partial charge on any atom is 0.160 e. The molecule has 0 aliphatic heterocycles. The van der Waals surface area contributed by atoms with E-state index in [1.807, 2.05) is 42.5 Å². The lowest BCUT2D eigenvalue weighted by atomic mass is 9.92. The minimum atomic E-state index is -0.586. The lowest BCUT2D eigenvalue weighted by molar-refractivity contribution is 0.00183. The van der Waals surface area contributed by atoms with Crippen LogP contribution in [0.15, 0.2) is 42.5 Å². The Balaban J connectivity index is 1.39. The van der Waals surface area contributed by atoms with Gasteiger partial charge in [0, 0.05) is 19.7 Å². The predicted octanol–water partition coefficient (Wildman–Crippen LogP) is 3.79. The van der Waals surface area contributed by atoms with Crippen LogP contribution in [0.2, 0.25) is 0 Å². The van der Waals surface area contributed by atoms with Gasteiger partial charge < -0.3 is 34.1 Å². The van der Waals surface area contributed by atoms with Crippen molar-refractivity contribution in [2.75, 3.05) is 47.7 Å². The van der Waals surface area contributed by atoms with Crippen molar-refractivity contribution in [2.45, 2.75) is 56.8 Å². The molecule has 2 N–H and O–H groups in total. The van der Waals surface area contributed by atoms with Gasteiger partial charge >= 0.3 is 0 Å². The van der Waals surface area contributed by atoms with Gasteiger partial charge in [-0.3, -0.25) is 0 Å². The molecule has 0 heterocycles. The smallest absolute Gasteiger partial charge is 0.160 e. The lowest BCUT2D eigenvalue weighted by Crippen LogP contribution is -2.47. The van der Waals surface area contributed by atoms with Gasteiger partial charge in [0.05, 0.1) is 33.5 Å². The van der Waals surface area contributed by atoms with Crippen LogP contribution in [0.5, 0.6) is 17.2 Å². The largest absolute Gasteiger partial charge is 0.493 e. The van der Waals surface area contributed by atoms with Crippen molar-refractivity contribution in [2.24, 2.45) is 0 Å². The molecule has 0 bridgehead atoms. The molecule has 2 aromatic rings. The first-order valence-electron chi connectivity index (χ1n) is 12.6. The predicted molar refractivity (Wildman–Crippen MR) is 137 cm³/mol. The molecule has 2 aromatic carbocycles. The highest BCUT2D eigenvalue weighted by atomic mass is 16.5. The van der Waals surface area contributed by atoms with Crippen molar-refractivity contribution in [1.29, 1.82) is 0 Å². The van der Waals surface area contributed by atoms with Crippen LogP contribution in [0.25, 0.3) is 0 Å². The average Bonchev–Trinajstić information content (AvgIpc) is 2.90. The summed E-state index contributed by atoms with van der Waals surface area (Å²) >= 11 is 0. The molecular weight excluding hydrogens is 446 g/mol. The highest BCUT2D eigenvalue weighted by molar-refractivity contribution is 5.42. The molecule has 0 unspecified atom stereocenters. The third-order valence-corrected chi connectivity index (χ3v) is 6.45. The average molecular weight is 488 g/mol. The lowest BCUT2D eigenvalue weighted by Gasteiger charge is -2.33. The number of benzene rings is 2. The molecule has 1 aliphatic carbocycles. The van der Waals surface area contributed by atoms with Gasteiger partial charge in [0.15, 0.2) is 11.5 Å². The van der Waals surface area contributed by atoms with Crippen LogP contribution in [-0.2, 0) is 22.3 Å². The molecular formula is C28H41NO6. The first-order valence-corrected chi connectivity index (χ1v) is 12.6. The maximum atomic E-state index is 10.4. The number of ether oxygens (including phenoxy) is 5. The maximum absolute atomic E-state index is 10.4. The standard InChI is InChI=1S/C28H41NO6/c1-31-16-14-21-8-11-24(12-9-21)35-20-23(30)19-29-25-6-4-5-7-26(25)34-17-15-22-10-13-27(32-2)28(18-22)33-3/h8-13,18,23,25-26,29-30H,4-7,14-17,19-20H2,1-3H3/t23-,25+,26-/m1/s1. The van der Waals surface area contributed by atoms with Crippen molar-refractivity contribution in [3.8, 4) is 17.2 Å². The summed E-state index contributed by atoms with van der Waals surface area (Å²) in [5, 5.41) is 14.0. The molecule has 0 saturated heterocycles. The van der Waals surface area contributed by atoms with Crippen molar-refractivity contribution in [3.63, 3.8) is 0 Å². The summed E-state index contributed by atoms with van der Waals surface area (Å²) < 4.78 is 27.9. The second-order valence-electron chi connectivity index (χ2n) is 9.00. The third kappa shape index (κ3) is 9.00. The van der Waals surface area contributed by atoms with E-state index in [-0.39, 0.29) is 18.8 Å². The van der Waals surface area contributed by atoms with E-state index in [1.54, 1.807) is 21.3 Å². The molecule has 0 spiro atoms. The molecule has 0 amide bonds. The molecule has 3 rings (SSSR count). The number of methoxy groups -OCH3 is 3. The summed E-state index contributed by atoms with van der Waals surface area (Å²) in [6.07, 6.45) is 5.69. The fourth-order valence-corrected chi connectivity index (χ4v) is 4.41. The Bertz CT molecular complexity index is 859. The van der Waals surface area contributed by atoms with Gasteiger partial charge in [-0.2, -0.15) is 0 Å². The Morgan fingerprint density at radius 2 is 1.60 bits per heavy atom. The molecule has 7 heteroatoms. The molecule has 1 fully saturated rings. The van der Waals surface area contributed by atoms with Crippen LogP contribution >= 0.6 is 0 Å².